The van der Waals surface area contributed by atoms with Gasteiger partial charge in [0.05, 0.1) is 17.1 Å². The lowest BCUT2D eigenvalue weighted by Crippen LogP contribution is -2.23. The summed E-state index contributed by atoms with van der Waals surface area (Å²) in [6.45, 7) is 2.64. The van der Waals surface area contributed by atoms with Crippen molar-refractivity contribution >= 4 is 57.8 Å². The fourth-order valence-electron chi connectivity index (χ4n) is 4.39. The largest absolute Gasteiger partial charge is 0.489 e. The minimum Gasteiger partial charge on any atom is -0.489 e. The maximum absolute atomic E-state index is 13.6. The lowest BCUT2D eigenvalue weighted by molar-refractivity contribution is 0.0949. The molecule has 0 spiro atoms. The SMILES string of the molecule is Cc1ccc(OCc2ccccc2)cc1Nc1ccnc(Cl)c1C(=O)Nc1cc(C(=O)NCc2cccc(Cl)c2)ccc1N. The summed E-state index contributed by atoms with van der Waals surface area (Å²) in [7, 11) is 0. The first-order chi connectivity index (χ1) is 21.3. The number of carbonyl (C=O) groups excluding carboxylic acids is 2. The highest BCUT2D eigenvalue weighted by Gasteiger charge is 2.20. The molecule has 0 radical (unpaired) electrons. The van der Waals surface area contributed by atoms with Crippen LogP contribution in [0.15, 0.2) is 103 Å². The summed E-state index contributed by atoms with van der Waals surface area (Å²) in [5.74, 6) is -0.235. The predicted molar refractivity (Wildman–Crippen MR) is 176 cm³/mol. The van der Waals surface area contributed by atoms with E-state index < -0.39 is 5.91 Å². The van der Waals surface area contributed by atoms with Crippen LogP contribution in [0.25, 0.3) is 0 Å². The maximum atomic E-state index is 13.6. The fourth-order valence-corrected chi connectivity index (χ4v) is 4.85. The molecule has 0 unspecified atom stereocenters. The van der Waals surface area contributed by atoms with Crippen LogP contribution in [-0.2, 0) is 13.2 Å². The molecule has 0 aliphatic heterocycles. The zero-order valence-electron chi connectivity index (χ0n) is 23.7. The number of anilines is 4. The van der Waals surface area contributed by atoms with Crippen LogP contribution < -0.4 is 26.4 Å². The average molecular weight is 627 g/mol. The molecule has 44 heavy (non-hydrogen) atoms. The Labute approximate surface area is 265 Å². The third kappa shape index (κ3) is 7.66. The lowest BCUT2D eigenvalue weighted by atomic mass is 10.1. The van der Waals surface area contributed by atoms with Gasteiger partial charge in [0.1, 0.15) is 23.1 Å². The van der Waals surface area contributed by atoms with Crippen molar-refractivity contribution in [2.24, 2.45) is 0 Å². The van der Waals surface area contributed by atoms with Crippen molar-refractivity contribution in [3.63, 3.8) is 0 Å². The standard InChI is InChI=1S/C34H29Cl2N5O3/c1-21-10-12-26(44-20-22-6-3-2-4-7-22)18-29(21)40-28-14-15-38-32(36)31(28)34(43)41-30-17-24(11-13-27(30)37)33(42)39-19-23-8-5-9-25(35)16-23/h2-18H,19-20,37H2,1H3,(H,38,40)(H,39,42)(H,41,43). The Morgan fingerprint density at radius 3 is 2.41 bits per heavy atom. The van der Waals surface area contributed by atoms with Gasteiger partial charge in [-0.25, -0.2) is 4.98 Å². The molecule has 0 saturated carbocycles. The van der Waals surface area contributed by atoms with Gasteiger partial charge in [-0.15, -0.1) is 0 Å². The maximum Gasteiger partial charge on any atom is 0.260 e. The number of aryl methyl sites for hydroxylation is 1. The number of benzene rings is 4. The normalized spacial score (nSPS) is 10.6. The molecule has 10 heteroatoms. The number of pyridine rings is 1. The molecule has 1 aromatic heterocycles. The number of aromatic nitrogens is 1. The second-order valence-corrected chi connectivity index (χ2v) is 10.8. The van der Waals surface area contributed by atoms with E-state index in [4.69, 9.17) is 33.7 Å². The van der Waals surface area contributed by atoms with Crippen LogP contribution in [0.2, 0.25) is 10.2 Å². The highest BCUT2D eigenvalue weighted by Crippen LogP contribution is 2.31. The summed E-state index contributed by atoms with van der Waals surface area (Å²) in [6.07, 6.45) is 1.51. The smallest absolute Gasteiger partial charge is 0.260 e. The van der Waals surface area contributed by atoms with E-state index in [2.05, 4.69) is 20.9 Å². The molecule has 5 aromatic rings. The van der Waals surface area contributed by atoms with Gasteiger partial charge in [0, 0.05) is 35.1 Å². The third-order valence-corrected chi connectivity index (χ3v) is 7.29. The van der Waals surface area contributed by atoms with Crippen molar-refractivity contribution in [1.82, 2.24) is 10.3 Å². The number of nitrogen functional groups attached to an aromatic ring is 1. The molecule has 2 amide bonds. The number of amides is 2. The minimum atomic E-state index is -0.553. The van der Waals surface area contributed by atoms with E-state index in [1.807, 2.05) is 67.6 Å². The van der Waals surface area contributed by atoms with E-state index in [0.717, 1.165) is 22.4 Å². The molecule has 0 fully saturated rings. The van der Waals surface area contributed by atoms with Gasteiger partial charge in [0.2, 0.25) is 0 Å². The quantitative estimate of drug-likeness (QED) is 0.0929. The molecule has 8 nitrogen and oxygen atoms in total. The molecule has 5 N–H and O–H groups in total. The number of hydrogen-bond acceptors (Lipinski definition) is 6. The molecule has 1 heterocycles. The van der Waals surface area contributed by atoms with E-state index in [0.29, 0.717) is 28.6 Å². The van der Waals surface area contributed by atoms with Crippen molar-refractivity contribution < 1.29 is 14.3 Å². The summed E-state index contributed by atoms with van der Waals surface area (Å²) >= 11 is 12.5. The number of ether oxygens (including phenoxy) is 1. The number of nitrogens with zero attached hydrogens (tertiary/aromatic N) is 1. The van der Waals surface area contributed by atoms with Gasteiger partial charge in [0.25, 0.3) is 11.8 Å². The van der Waals surface area contributed by atoms with E-state index in [-0.39, 0.29) is 34.5 Å². The van der Waals surface area contributed by atoms with Crippen LogP contribution >= 0.6 is 23.2 Å². The molecule has 0 saturated heterocycles. The molecule has 4 aromatic carbocycles. The fraction of sp³-hybridized carbons (Fsp3) is 0.0882. The molecule has 5 rings (SSSR count). The van der Waals surface area contributed by atoms with Crippen molar-refractivity contribution in [2.75, 3.05) is 16.4 Å². The van der Waals surface area contributed by atoms with Crippen LogP contribution in [0.1, 0.15) is 37.4 Å². The number of carbonyl (C=O) groups is 2. The van der Waals surface area contributed by atoms with Gasteiger partial charge in [0.15, 0.2) is 0 Å². The number of nitrogens with two attached hydrogens (primary N) is 1. The first kappa shape index (κ1) is 30.4. The summed E-state index contributed by atoms with van der Waals surface area (Å²) in [5.41, 5.74) is 11.1. The monoisotopic (exact) mass is 625 g/mol. The summed E-state index contributed by atoms with van der Waals surface area (Å²) in [5, 5.41) is 9.50. The Morgan fingerprint density at radius 2 is 1.61 bits per heavy atom. The third-order valence-electron chi connectivity index (χ3n) is 6.76. The van der Waals surface area contributed by atoms with Crippen LogP contribution in [0.4, 0.5) is 22.7 Å². The second kappa shape index (κ2) is 13.9. The minimum absolute atomic E-state index is 0.00405. The molecule has 222 valence electrons. The Morgan fingerprint density at radius 1 is 0.818 bits per heavy atom. The zero-order valence-corrected chi connectivity index (χ0v) is 25.2. The summed E-state index contributed by atoms with van der Waals surface area (Å²) in [6, 6.07) is 29.0. The van der Waals surface area contributed by atoms with E-state index in [9.17, 15) is 9.59 Å². The predicted octanol–water partition coefficient (Wildman–Crippen LogP) is 7.78. The highest BCUT2D eigenvalue weighted by molar-refractivity contribution is 6.34. The second-order valence-electron chi connectivity index (χ2n) is 9.97. The van der Waals surface area contributed by atoms with Gasteiger partial charge < -0.3 is 26.4 Å². The van der Waals surface area contributed by atoms with Gasteiger partial charge in [-0.2, -0.15) is 0 Å². The number of halogens is 2. The Balaban J connectivity index is 1.32. The molecule has 0 bridgehead atoms. The van der Waals surface area contributed by atoms with E-state index in [1.54, 1.807) is 30.3 Å². The Kier molecular flexibility index (Phi) is 9.64. The average Bonchev–Trinajstić information content (AvgIpc) is 3.02. The van der Waals surface area contributed by atoms with Gasteiger partial charge >= 0.3 is 0 Å². The molecular formula is C34H29Cl2N5O3. The Hall–Kier alpha value is -5.05. The molecule has 0 aliphatic rings. The number of nitrogens with one attached hydrogen (secondary N) is 3. The number of rotatable bonds is 10. The first-order valence-corrected chi connectivity index (χ1v) is 14.4. The zero-order chi connectivity index (χ0) is 31.1. The lowest BCUT2D eigenvalue weighted by Gasteiger charge is -2.17. The Bertz CT molecular complexity index is 1810. The van der Waals surface area contributed by atoms with Crippen molar-refractivity contribution in [2.45, 2.75) is 20.1 Å². The van der Waals surface area contributed by atoms with Gasteiger partial charge in [-0.05, 0) is 66.1 Å². The highest BCUT2D eigenvalue weighted by atomic mass is 35.5. The summed E-state index contributed by atoms with van der Waals surface area (Å²) < 4.78 is 5.99. The molecule has 0 atom stereocenters. The van der Waals surface area contributed by atoms with E-state index >= 15 is 0 Å². The molecule has 0 aliphatic carbocycles. The first-order valence-electron chi connectivity index (χ1n) is 13.7. The summed E-state index contributed by atoms with van der Waals surface area (Å²) in [4.78, 5) is 30.5. The van der Waals surface area contributed by atoms with Crippen LogP contribution in [0.5, 0.6) is 5.75 Å². The van der Waals surface area contributed by atoms with Crippen molar-refractivity contribution in [3.05, 3.63) is 141 Å². The van der Waals surface area contributed by atoms with E-state index in [1.165, 1.54) is 12.3 Å². The number of hydrogen-bond donors (Lipinski definition) is 4. The van der Waals surface area contributed by atoms with Gasteiger partial charge in [-0.3, -0.25) is 9.59 Å². The van der Waals surface area contributed by atoms with Crippen molar-refractivity contribution in [3.8, 4) is 5.75 Å². The van der Waals surface area contributed by atoms with Crippen LogP contribution in [0, 0.1) is 6.92 Å². The van der Waals surface area contributed by atoms with Crippen LogP contribution in [0.3, 0.4) is 0 Å². The topological polar surface area (TPSA) is 118 Å². The van der Waals surface area contributed by atoms with Gasteiger partial charge in [-0.1, -0.05) is 71.7 Å². The molecular weight excluding hydrogens is 597 g/mol. The van der Waals surface area contributed by atoms with Crippen LogP contribution in [-0.4, -0.2) is 16.8 Å². The van der Waals surface area contributed by atoms with Crippen molar-refractivity contribution in [1.29, 1.82) is 0 Å².